The highest BCUT2D eigenvalue weighted by Gasteiger charge is 2.14. The fourth-order valence-corrected chi connectivity index (χ4v) is 1.99. The molecule has 1 aromatic heterocycles. The van der Waals surface area contributed by atoms with Crippen LogP contribution in [0.2, 0.25) is 0 Å². The second-order valence-corrected chi connectivity index (χ2v) is 4.53. The number of para-hydroxylation sites is 1. The molecule has 2 aromatic rings. The van der Waals surface area contributed by atoms with Crippen molar-refractivity contribution in [1.29, 1.82) is 0 Å². The fraction of sp³-hybridized carbons (Fsp3) is 0.333. The molecule has 0 bridgehead atoms. The molecule has 0 radical (unpaired) electrons. The van der Waals surface area contributed by atoms with Crippen molar-refractivity contribution in [2.75, 3.05) is 0 Å². The lowest BCUT2D eigenvalue weighted by molar-refractivity contribution is -0.0506. The van der Waals surface area contributed by atoms with Gasteiger partial charge in [0.05, 0.1) is 6.54 Å². The molecule has 2 rings (SSSR count). The molecule has 0 spiro atoms. The summed E-state index contributed by atoms with van der Waals surface area (Å²) < 4.78 is 34.7. The lowest BCUT2D eigenvalue weighted by Gasteiger charge is -2.17. The predicted octanol–water partition coefficient (Wildman–Crippen LogP) is 4.04. The Balaban J connectivity index is 2.03. The van der Waals surface area contributed by atoms with Gasteiger partial charge in [0.25, 0.3) is 0 Å². The first-order valence-electron chi connectivity index (χ1n) is 6.38. The number of nitrogens with one attached hydrogen (secondary N) is 1. The van der Waals surface area contributed by atoms with Gasteiger partial charge in [-0.05, 0) is 32.0 Å². The number of furan rings is 1. The Morgan fingerprint density at radius 3 is 2.60 bits per heavy atom. The van der Waals surface area contributed by atoms with Crippen LogP contribution in [-0.4, -0.2) is 6.61 Å². The van der Waals surface area contributed by atoms with Gasteiger partial charge in [-0.15, -0.1) is 0 Å². The van der Waals surface area contributed by atoms with E-state index in [1.807, 2.05) is 26.0 Å². The second kappa shape index (κ2) is 6.52. The number of benzene rings is 1. The van der Waals surface area contributed by atoms with E-state index in [0.717, 1.165) is 11.5 Å². The Kier molecular flexibility index (Phi) is 4.74. The van der Waals surface area contributed by atoms with E-state index in [0.29, 0.717) is 12.1 Å². The van der Waals surface area contributed by atoms with Gasteiger partial charge in [0, 0.05) is 11.6 Å². The van der Waals surface area contributed by atoms with Crippen molar-refractivity contribution in [1.82, 2.24) is 5.32 Å². The third-order valence-corrected chi connectivity index (χ3v) is 2.98. The van der Waals surface area contributed by atoms with Crippen molar-refractivity contribution >= 4 is 0 Å². The molecule has 1 unspecified atom stereocenters. The molecule has 1 atom stereocenters. The minimum absolute atomic E-state index is 0.129. The maximum Gasteiger partial charge on any atom is 0.387 e. The van der Waals surface area contributed by atoms with Gasteiger partial charge in [0.2, 0.25) is 0 Å². The van der Waals surface area contributed by atoms with Gasteiger partial charge in [0.1, 0.15) is 17.3 Å². The summed E-state index contributed by atoms with van der Waals surface area (Å²) in [5, 5.41) is 3.22. The number of alkyl halides is 2. The number of aryl methyl sites for hydroxylation is 1. The van der Waals surface area contributed by atoms with E-state index in [1.54, 1.807) is 18.2 Å². The smallest absolute Gasteiger partial charge is 0.387 e. The molecule has 0 fully saturated rings. The van der Waals surface area contributed by atoms with Gasteiger partial charge in [-0.3, -0.25) is 0 Å². The third-order valence-electron chi connectivity index (χ3n) is 2.98. The Hall–Kier alpha value is -1.88. The molecular formula is C15H17F2NO2. The topological polar surface area (TPSA) is 34.4 Å². The zero-order valence-electron chi connectivity index (χ0n) is 11.4. The van der Waals surface area contributed by atoms with Crippen LogP contribution in [0.1, 0.15) is 30.0 Å². The lowest BCUT2D eigenvalue weighted by Crippen LogP contribution is -2.19. The van der Waals surface area contributed by atoms with Crippen LogP contribution in [0.4, 0.5) is 8.78 Å². The number of hydrogen-bond acceptors (Lipinski definition) is 3. The summed E-state index contributed by atoms with van der Waals surface area (Å²) in [6.07, 6.45) is 0. The molecule has 0 saturated heterocycles. The highest BCUT2D eigenvalue weighted by atomic mass is 19.3. The molecule has 0 aliphatic carbocycles. The van der Waals surface area contributed by atoms with Crippen LogP contribution in [0.3, 0.4) is 0 Å². The van der Waals surface area contributed by atoms with Crippen molar-refractivity contribution in [3.05, 3.63) is 53.5 Å². The molecule has 1 N–H and O–H groups in total. The molecule has 0 aliphatic rings. The van der Waals surface area contributed by atoms with Crippen molar-refractivity contribution in [3.8, 4) is 5.75 Å². The van der Waals surface area contributed by atoms with Crippen LogP contribution in [-0.2, 0) is 6.54 Å². The predicted molar refractivity (Wildman–Crippen MR) is 71.8 cm³/mol. The van der Waals surface area contributed by atoms with E-state index in [-0.39, 0.29) is 11.8 Å². The lowest BCUT2D eigenvalue weighted by atomic mass is 10.1. The standard InChI is InChI=1S/C15H17F2NO2/c1-10-7-8-12(19-10)9-18-11(2)13-5-3-4-6-14(13)20-15(16)17/h3-8,11,15,18H,9H2,1-2H3. The number of halogens is 2. The molecule has 3 nitrogen and oxygen atoms in total. The van der Waals surface area contributed by atoms with Gasteiger partial charge in [-0.25, -0.2) is 0 Å². The number of ether oxygens (including phenoxy) is 1. The van der Waals surface area contributed by atoms with Crippen molar-refractivity contribution in [3.63, 3.8) is 0 Å². The molecule has 0 aliphatic heterocycles. The maximum atomic E-state index is 12.4. The second-order valence-electron chi connectivity index (χ2n) is 4.53. The minimum atomic E-state index is -2.82. The van der Waals surface area contributed by atoms with Crippen LogP contribution in [0.25, 0.3) is 0 Å². The molecule has 0 amide bonds. The van der Waals surface area contributed by atoms with Gasteiger partial charge >= 0.3 is 6.61 Å². The Morgan fingerprint density at radius 2 is 1.95 bits per heavy atom. The first-order chi connectivity index (χ1) is 9.56. The van der Waals surface area contributed by atoms with Crippen LogP contribution < -0.4 is 10.1 Å². The van der Waals surface area contributed by atoms with E-state index in [4.69, 9.17) is 4.42 Å². The molecule has 108 valence electrons. The van der Waals surface area contributed by atoms with Crippen LogP contribution in [0.5, 0.6) is 5.75 Å². The first-order valence-corrected chi connectivity index (χ1v) is 6.38. The highest BCUT2D eigenvalue weighted by Crippen LogP contribution is 2.26. The fourth-order valence-electron chi connectivity index (χ4n) is 1.99. The zero-order chi connectivity index (χ0) is 14.5. The van der Waals surface area contributed by atoms with E-state index in [1.165, 1.54) is 6.07 Å². The van der Waals surface area contributed by atoms with E-state index in [9.17, 15) is 8.78 Å². The van der Waals surface area contributed by atoms with Crippen LogP contribution in [0.15, 0.2) is 40.8 Å². The number of rotatable bonds is 6. The summed E-state index contributed by atoms with van der Waals surface area (Å²) in [7, 11) is 0. The first kappa shape index (κ1) is 14.5. The average molecular weight is 281 g/mol. The van der Waals surface area contributed by atoms with E-state index >= 15 is 0 Å². The van der Waals surface area contributed by atoms with Crippen LogP contribution >= 0.6 is 0 Å². The van der Waals surface area contributed by atoms with Crippen molar-refractivity contribution in [2.45, 2.75) is 33.0 Å². The van der Waals surface area contributed by atoms with Gasteiger partial charge in [-0.1, -0.05) is 18.2 Å². The molecule has 1 heterocycles. The largest absolute Gasteiger partial charge is 0.465 e. The molecule has 5 heteroatoms. The van der Waals surface area contributed by atoms with Crippen LogP contribution in [0, 0.1) is 6.92 Å². The van der Waals surface area contributed by atoms with Crippen molar-refractivity contribution in [2.24, 2.45) is 0 Å². The molecule has 0 saturated carbocycles. The Morgan fingerprint density at radius 1 is 1.20 bits per heavy atom. The zero-order valence-corrected chi connectivity index (χ0v) is 11.4. The summed E-state index contributed by atoms with van der Waals surface area (Å²) >= 11 is 0. The van der Waals surface area contributed by atoms with E-state index < -0.39 is 6.61 Å². The maximum absolute atomic E-state index is 12.4. The molecule has 1 aromatic carbocycles. The molecular weight excluding hydrogens is 264 g/mol. The minimum Gasteiger partial charge on any atom is -0.465 e. The SMILES string of the molecule is Cc1ccc(CNC(C)c2ccccc2OC(F)F)o1. The van der Waals surface area contributed by atoms with Crippen molar-refractivity contribution < 1.29 is 17.9 Å². The summed E-state index contributed by atoms with van der Waals surface area (Å²) in [5.74, 6) is 1.84. The Bertz CT molecular complexity index is 554. The number of hydrogen-bond donors (Lipinski definition) is 1. The summed E-state index contributed by atoms with van der Waals surface area (Å²) in [6, 6.07) is 10.4. The summed E-state index contributed by atoms with van der Waals surface area (Å²) in [5.41, 5.74) is 0.691. The van der Waals surface area contributed by atoms with E-state index in [2.05, 4.69) is 10.1 Å². The quantitative estimate of drug-likeness (QED) is 0.867. The molecule has 20 heavy (non-hydrogen) atoms. The van der Waals surface area contributed by atoms with Gasteiger partial charge < -0.3 is 14.5 Å². The summed E-state index contributed by atoms with van der Waals surface area (Å²) in [4.78, 5) is 0. The average Bonchev–Trinajstić information content (AvgIpc) is 2.82. The summed E-state index contributed by atoms with van der Waals surface area (Å²) in [6.45, 7) is 1.47. The van der Waals surface area contributed by atoms with Gasteiger partial charge in [-0.2, -0.15) is 8.78 Å². The highest BCUT2D eigenvalue weighted by molar-refractivity contribution is 5.35. The monoisotopic (exact) mass is 281 g/mol. The third kappa shape index (κ3) is 3.81. The van der Waals surface area contributed by atoms with Gasteiger partial charge in [0.15, 0.2) is 0 Å². The normalized spacial score (nSPS) is 12.7. The Labute approximate surface area is 116 Å².